The van der Waals surface area contributed by atoms with E-state index in [4.69, 9.17) is 123 Å². The molecule has 0 amide bonds. The van der Waals surface area contributed by atoms with E-state index < -0.39 is 229 Å². The molecule has 9 aliphatic heterocycles. The Balaban J connectivity index is 0.000000159. The molecule has 788 valence electrons. The number of aliphatic hydroxyl groups is 6. The Labute approximate surface area is 844 Å². The van der Waals surface area contributed by atoms with Gasteiger partial charge in [0, 0.05) is 126 Å². The van der Waals surface area contributed by atoms with Crippen molar-refractivity contribution in [3.63, 3.8) is 0 Å². The molecule has 0 aliphatic carbocycles. The van der Waals surface area contributed by atoms with Gasteiger partial charge in [-0.1, -0.05) is 18.2 Å². The van der Waals surface area contributed by atoms with Crippen molar-refractivity contribution in [2.45, 2.75) is 235 Å². The Morgan fingerprint density at radius 2 is 0.503 bits per heavy atom. The molecule has 0 spiro atoms. The third-order valence-electron chi connectivity index (χ3n) is 24.9. The van der Waals surface area contributed by atoms with Gasteiger partial charge in [0.05, 0.1) is 62.4 Å². The first-order chi connectivity index (χ1) is 71.3. The standard InChI is InChI=1S/2C35H34O16.C33H32O14/c2*1-15(38)43-13-27-31(47-16(2)39)32(48-17(3)40)33(49-18(4)41)35(50-27)51-30-23-8-21(11-37)20(10-36)7-22(23)28(29-24(30)12-44-34(29)42)19-5-6-25-26(9-19)46-14-45-25;1-14-28(44-15(2)36)30(45-16(3)37)31(46-17(4)38)33(43-14)47-29-22-8-20(11-35)19(10-34)7-21(22)26(27-23(29)12-40-32(27)39)18-5-6-24-25(9-18)42-13-41-24/h2*5-9,27,31-33,35-37H,10-14H2,1-4H3;5-9,14,28,30-31,33-35H,10-13H2,1-4H3/t27-,31+,32+,33-,35?;27-,31-,32+,33-,35?;14-,28+,30+,31-,33?/m111/s1. The molecule has 46 heteroatoms. The van der Waals surface area contributed by atoms with Crippen molar-refractivity contribution in [1.29, 1.82) is 0 Å². The van der Waals surface area contributed by atoms with Crippen molar-refractivity contribution in [3.8, 4) is 85.1 Å². The molecule has 0 radical (unpaired) electrons. The number of carbonyl (C=O) groups excluding carboxylic acids is 14. The lowest BCUT2D eigenvalue weighted by molar-refractivity contribution is -0.288. The van der Waals surface area contributed by atoms with Crippen LogP contribution in [-0.2, 0) is 193 Å². The molecular weight excluding hydrogens is 1970 g/mol. The molecule has 0 aromatic heterocycles. The molecule has 15 atom stereocenters. The Morgan fingerprint density at radius 1 is 0.268 bits per heavy atom. The van der Waals surface area contributed by atoms with Crippen LogP contribution in [0.4, 0.5) is 0 Å². The van der Waals surface area contributed by atoms with E-state index in [0.717, 1.165) is 69.2 Å². The van der Waals surface area contributed by atoms with Crippen LogP contribution in [0.2, 0.25) is 0 Å². The number of benzene rings is 9. The van der Waals surface area contributed by atoms with Gasteiger partial charge in [-0.15, -0.1) is 0 Å². The van der Waals surface area contributed by atoms with E-state index in [0.29, 0.717) is 139 Å². The molecule has 149 heavy (non-hydrogen) atoms. The van der Waals surface area contributed by atoms with E-state index in [1.165, 1.54) is 6.92 Å². The van der Waals surface area contributed by atoms with E-state index in [9.17, 15) is 97.8 Å². The smallest absolute Gasteiger partial charge is 0.339 e. The fourth-order valence-electron chi connectivity index (χ4n) is 19.0. The first-order valence-corrected chi connectivity index (χ1v) is 46.4. The first kappa shape index (κ1) is 106. The highest BCUT2D eigenvalue weighted by Crippen LogP contribution is 2.54. The third-order valence-corrected chi connectivity index (χ3v) is 24.9. The van der Waals surface area contributed by atoms with Crippen LogP contribution < -0.4 is 42.6 Å². The Kier molecular flexibility index (Phi) is 31.9. The van der Waals surface area contributed by atoms with Crippen LogP contribution in [0.15, 0.2) is 91.0 Å². The molecule has 0 saturated carbocycles. The van der Waals surface area contributed by atoms with Gasteiger partial charge in [0.2, 0.25) is 57.6 Å². The van der Waals surface area contributed by atoms with E-state index >= 15 is 0 Å². The van der Waals surface area contributed by atoms with Gasteiger partial charge in [0.25, 0.3) is 0 Å². The number of ether oxygens (including phenoxy) is 26. The van der Waals surface area contributed by atoms with Gasteiger partial charge in [-0.2, -0.15) is 0 Å². The number of hydrogen-bond acceptors (Lipinski definition) is 46. The molecule has 9 aliphatic rings. The number of aliphatic hydroxyl groups excluding tert-OH is 6. The summed E-state index contributed by atoms with van der Waals surface area (Å²) in [6, 6.07) is 25.0. The number of fused-ring (bicyclic) bond motifs is 9. The van der Waals surface area contributed by atoms with Crippen LogP contribution in [0.25, 0.3) is 65.7 Å². The number of esters is 14. The molecule has 9 heterocycles. The van der Waals surface area contributed by atoms with Crippen molar-refractivity contribution >= 4 is 116 Å². The predicted molar refractivity (Wildman–Crippen MR) is 496 cm³/mol. The van der Waals surface area contributed by atoms with E-state index in [1.807, 2.05) is 0 Å². The molecular formula is C103H100O46. The quantitative estimate of drug-likeness (QED) is 0.0204. The summed E-state index contributed by atoms with van der Waals surface area (Å²) in [4.78, 5) is 175. The zero-order valence-corrected chi connectivity index (χ0v) is 81.7. The second-order valence-electron chi connectivity index (χ2n) is 35.0. The van der Waals surface area contributed by atoms with Crippen LogP contribution in [-0.4, -0.2) is 240 Å². The van der Waals surface area contributed by atoms with Gasteiger partial charge in [0.1, 0.15) is 62.5 Å². The minimum absolute atomic E-state index is 0.00966. The van der Waals surface area contributed by atoms with Crippen LogP contribution in [0, 0.1) is 0 Å². The maximum atomic E-state index is 13.5. The highest BCUT2D eigenvalue weighted by atomic mass is 16.8. The van der Waals surface area contributed by atoms with Crippen LogP contribution >= 0.6 is 0 Å². The third kappa shape index (κ3) is 22.1. The van der Waals surface area contributed by atoms with Crippen molar-refractivity contribution in [2.24, 2.45) is 0 Å². The van der Waals surface area contributed by atoms with Gasteiger partial charge in [-0.05, 0) is 146 Å². The molecule has 18 rings (SSSR count). The summed E-state index contributed by atoms with van der Waals surface area (Å²) < 4.78 is 148. The number of hydrogen-bond donors (Lipinski definition) is 6. The van der Waals surface area contributed by atoms with Crippen LogP contribution in [0.5, 0.6) is 51.7 Å². The van der Waals surface area contributed by atoms with E-state index in [2.05, 4.69) is 0 Å². The van der Waals surface area contributed by atoms with Crippen molar-refractivity contribution < 1.29 is 221 Å². The second kappa shape index (κ2) is 44.9. The topological polar surface area (TPSA) is 600 Å². The summed E-state index contributed by atoms with van der Waals surface area (Å²) >= 11 is 0. The largest absolute Gasteiger partial charge is 0.463 e. The first-order valence-electron chi connectivity index (χ1n) is 46.4. The van der Waals surface area contributed by atoms with E-state index in [1.54, 1.807) is 97.9 Å². The summed E-state index contributed by atoms with van der Waals surface area (Å²) in [6.07, 6.45) is -21.2. The molecule has 9 aromatic carbocycles. The fourth-order valence-corrected chi connectivity index (χ4v) is 19.0. The normalized spacial score (nSPS) is 22.1. The molecule has 3 saturated heterocycles. The average molecular weight is 2070 g/mol. The lowest BCUT2D eigenvalue weighted by Crippen LogP contribution is -2.63. The van der Waals surface area contributed by atoms with E-state index in [-0.39, 0.29) is 85.3 Å². The van der Waals surface area contributed by atoms with Crippen molar-refractivity contribution in [2.75, 3.05) is 33.6 Å². The zero-order chi connectivity index (χ0) is 107. The molecule has 46 nitrogen and oxygen atoms in total. The molecule has 0 bridgehead atoms. The number of rotatable bonds is 28. The van der Waals surface area contributed by atoms with Gasteiger partial charge >= 0.3 is 83.6 Å². The number of cyclic esters (lactones) is 3. The minimum atomic E-state index is -1.64. The average Bonchev–Trinajstić information content (AvgIpc) is 1.67. The van der Waals surface area contributed by atoms with Gasteiger partial charge in [-0.3, -0.25) is 52.7 Å². The minimum Gasteiger partial charge on any atom is -0.463 e. The van der Waals surface area contributed by atoms with Gasteiger partial charge < -0.3 is 154 Å². The Morgan fingerprint density at radius 3 is 0.765 bits per heavy atom. The van der Waals surface area contributed by atoms with Crippen molar-refractivity contribution in [1.82, 2.24) is 0 Å². The maximum Gasteiger partial charge on any atom is 0.339 e. The summed E-state index contributed by atoms with van der Waals surface area (Å²) in [5, 5.41) is 63.8. The monoisotopic (exact) mass is 2070 g/mol. The SMILES string of the molecule is CC(=O)OC[C@H]1OC(Oc2c3c(c(-c4ccc5c(c4)OCO5)c4cc(CO)c(CO)cc24)C(=O)OC3)[C@H](OC(C)=O)[C@@H](OC(C)=O)[C@@H]1OC(C)=O.CC(=O)OC[C@H]1OC(Oc2c3c(c(-c4ccc5c(c4)OCO5)c4cc(CO)c(CO)cc24)C(=O)OC3)[C@H](OC(C)=O)[C@@H](OC(C)=O)[C@H]1OC(C)=O.CC(=O)O[C@@H]1[C@H](OC(C)=O)[C@@H](OC(C)=O)C(Oc2c3c(c(-c4ccc5c(c4)OCO5)c4cc(CO)c(CO)cc24)C(=O)OC3)O[C@@H]1C. The molecule has 6 N–H and O–H groups in total. The summed E-state index contributed by atoms with van der Waals surface area (Å²) in [6.45, 7) is 9.57. The highest BCUT2D eigenvalue weighted by Gasteiger charge is 2.58. The Bertz CT molecular complexity index is 6620. The summed E-state index contributed by atoms with van der Waals surface area (Å²) in [5.41, 5.74) is 6.37. The lowest BCUT2D eigenvalue weighted by Gasteiger charge is -2.44. The highest BCUT2D eigenvalue weighted by molar-refractivity contribution is 6.16. The number of carbonyl (C=O) groups is 14. The van der Waals surface area contributed by atoms with Crippen LogP contribution in [0.3, 0.4) is 0 Å². The van der Waals surface area contributed by atoms with Crippen LogP contribution in [0.1, 0.15) is 164 Å². The summed E-state index contributed by atoms with van der Waals surface area (Å²) in [5.74, 6) is -7.52. The van der Waals surface area contributed by atoms with Gasteiger partial charge in [-0.25, -0.2) is 14.4 Å². The second-order valence-corrected chi connectivity index (χ2v) is 35.0. The predicted octanol–water partition coefficient (Wildman–Crippen LogP) is 7.51. The van der Waals surface area contributed by atoms with Crippen molar-refractivity contribution in [3.05, 3.63) is 158 Å². The molecule has 3 unspecified atom stereocenters. The maximum absolute atomic E-state index is 13.5. The fraction of sp³-hybridized carbons (Fsp3) is 0.398. The van der Waals surface area contributed by atoms with Gasteiger partial charge in [0.15, 0.2) is 71.1 Å². The lowest BCUT2D eigenvalue weighted by atomic mass is 9.87. The zero-order valence-electron chi connectivity index (χ0n) is 81.7. The molecule has 9 aromatic rings. The summed E-state index contributed by atoms with van der Waals surface area (Å²) in [7, 11) is 0. The molecule has 3 fully saturated rings. The Hall–Kier alpha value is -15.8.